The van der Waals surface area contributed by atoms with Crippen molar-refractivity contribution in [2.24, 2.45) is 5.92 Å². The van der Waals surface area contributed by atoms with Crippen LogP contribution >= 0.6 is 23.5 Å². The molecule has 14 heavy (non-hydrogen) atoms. The van der Waals surface area contributed by atoms with Gasteiger partial charge in [0.15, 0.2) is 5.78 Å². The van der Waals surface area contributed by atoms with Crippen LogP contribution in [-0.4, -0.2) is 21.9 Å². The molecule has 0 aromatic heterocycles. The van der Waals surface area contributed by atoms with Crippen LogP contribution in [-0.2, 0) is 4.79 Å². The second kappa shape index (κ2) is 5.45. The Balaban J connectivity index is 1.85. The van der Waals surface area contributed by atoms with E-state index in [1.807, 2.05) is 23.5 Å². The molecule has 80 valence electrons. The van der Waals surface area contributed by atoms with Crippen molar-refractivity contribution in [2.45, 2.75) is 43.1 Å². The van der Waals surface area contributed by atoms with Crippen LogP contribution in [0.4, 0.5) is 0 Å². The zero-order valence-electron chi connectivity index (χ0n) is 8.54. The molecule has 0 amide bonds. The van der Waals surface area contributed by atoms with Crippen LogP contribution in [0.1, 0.15) is 38.5 Å². The van der Waals surface area contributed by atoms with Gasteiger partial charge < -0.3 is 0 Å². The quantitative estimate of drug-likeness (QED) is 0.724. The fourth-order valence-corrected chi connectivity index (χ4v) is 5.14. The summed E-state index contributed by atoms with van der Waals surface area (Å²) in [5.41, 5.74) is 0. The van der Waals surface area contributed by atoms with Crippen LogP contribution in [0.15, 0.2) is 0 Å². The fraction of sp³-hybridized carbons (Fsp3) is 0.909. The van der Waals surface area contributed by atoms with E-state index < -0.39 is 0 Å². The van der Waals surface area contributed by atoms with Gasteiger partial charge in [0.25, 0.3) is 0 Å². The van der Waals surface area contributed by atoms with E-state index in [9.17, 15) is 4.79 Å². The van der Waals surface area contributed by atoms with Crippen LogP contribution in [0.2, 0.25) is 0 Å². The van der Waals surface area contributed by atoms with Crippen molar-refractivity contribution in [1.82, 2.24) is 0 Å². The van der Waals surface area contributed by atoms with E-state index in [1.165, 1.54) is 37.2 Å². The maximum atomic E-state index is 12.1. The van der Waals surface area contributed by atoms with Crippen LogP contribution in [0.3, 0.4) is 0 Å². The number of hydrogen-bond donors (Lipinski definition) is 0. The normalized spacial score (nSPS) is 26.3. The second-order valence-corrected chi connectivity index (χ2v) is 6.89. The number of rotatable bonds is 2. The second-order valence-electron chi connectivity index (χ2n) is 4.16. The van der Waals surface area contributed by atoms with Crippen molar-refractivity contribution in [2.75, 3.05) is 11.5 Å². The Morgan fingerprint density at radius 3 is 2.21 bits per heavy atom. The minimum Gasteiger partial charge on any atom is -0.297 e. The molecule has 1 nitrogen and oxygen atoms in total. The molecule has 0 aromatic rings. The summed E-state index contributed by atoms with van der Waals surface area (Å²) in [7, 11) is 0. The van der Waals surface area contributed by atoms with Gasteiger partial charge >= 0.3 is 0 Å². The Labute approximate surface area is 94.8 Å². The molecule has 3 heteroatoms. The third-order valence-electron chi connectivity index (χ3n) is 3.07. The molecule has 1 saturated carbocycles. The lowest BCUT2D eigenvalue weighted by Crippen LogP contribution is -2.27. The number of carbonyl (C=O) groups excluding carboxylic acids is 1. The van der Waals surface area contributed by atoms with Crippen LogP contribution < -0.4 is 0 Å². The van der Waals surface area contributed by atoms with Gasteiger partial charge in [-0.2, -0.15) is 0 Å². The molecule has 0 aromatic carbocycles. The molecule has 0 unspecified atom stereocenters. The first-order valence-corrected chi connectivity index (χ1v) is 7.74. The third-order valence-corrected chi connectivity index (χ3v) is 6.00. The largest absolute Gasteiger partial charge is 0.297 e. The van der Waals surface area contributed by atoms with Gasteiger partial charge in [0.1, 0.15) is 4.58 Å². The molecule has 0 radical (unpaired) electrons. The molecule has 2 rings (SSSR count). The van der Waals surface area contributed by atoms with Crippen molar-refractivity contribution < 1.29 is 4.79 Å². The van der Waals surface area contributed by atoms with E-state index >= 15 is 0 Å². The van der Waals surface area contributed by atoms with Crippen molar-refractivity contribution in [3.63, 3.8) is 0 Å². The third kappa shape index (κ3) is 2.69. The van der Waals surface area contributed by atoms with E-state index in [2.05, 4.69) is 0 Å². The molecule has 0 spiro atoms. The molecule has 2 aliphatic rings. The summed E-state index contributed by atoms with van der Waals surface area (Å²) < 4.78 is 0.284. The van der Waals surface area contributed by atoms with Gasteiger partial charge in [0.05, 0.1) is 0 Å². The molecular formula is C11H18OS2. The maximum absolute atomic E-state index is 12.1. The lowest BCUT2D eigenvalue weighted by Gasteiger charge is -2.26. The predicted molar refractivity (Wildman–Crippen MR) is 64.9 cm³/mol. The molecular weight excluding hydrogens is 212 g/mol. The van der Waals surface area contributed by atoms with Crippen LogP contribution in [0.25, 0.3) is 0 Å². The summed E-state index contributed by atoms with van der Waals surface area (Å²) in [6.45, 7) is 0. The van der Waals surface area contributed by atoms with Gasteiger partial charge in [-0.05, 0) is 30.8 Å². The Morgan fingerprint density at radius 1 is 0.929 bits per heavy atom. The first-order valence-electron chi connectivity index (χ1n) is 5.65. The summed E-state index contributed by atoms with van der Waals surface area (Å²) in [5, 5.41) is 0. The van der Waals surface area contributed by atoms with Crippen LogP contribution in [0, 0.1) is 5.92 Å². The summed E-state index contributed by atoms with van der Waals surface area (Å²) in [6.07, 6.45) is 7.50. The number of Topliss-reactive ketones (excluding diaryl/α,β-unsaturated/α-hetero) is 1. The van der Waals surface area contributed by atoms with Gasteiger partial charge in [0.2, 0.25) is 0 Å². The van der Waals surface area contributed by atoms with Gasteiger partial charge in [-0.1, -0.05) is 19.3 Å². The topological polar surface area (TPSA) is 17.1 Å². The molecule has 0 N–H and O–H groups in total. The Hall–Kier alpha value is 0.370. The highest BCUT2D eigenvalue weighted by molar-refractivity contribution is 8.18. The van der Waals surface area contributed by atoms with Gasteiger partial charge in [-0.25, -0.2) is 0 Å². The van der Waals surface area contributed by atoms with E-state index in [1.54, 1.807) is 0 Å². The zero-order valence-corrected chi connectivity index (χ0v) is 10.2. The molecule has 1 aliphatic heterocycles. The first-order chi connectivity index (χ1) is 6.88. The smallest absolute Gasteiger partial charge is 0.158 e. The predicted octanol–water partition coefficient (Wildman–Crippen LogP) is 3.33. The Morgan fingerprint density at radius 2 is 1.57 bits per heavy atom. The molecule has 2 fully saturated rings. The highest BCUT2D eigenvalue weighted by atomic mass is 32.2. The lowest BCUT2D eigenvalue weighted by atomic mass is 9.87. The van der Waals surface area contributed by atoms with Crippen molar-refractivity contribution in [3.05, 3.63) is 0 Å². The van der Waals surface area contributed by atoms with E-state index in [0.29, 0.717) is 11.7 Å². The van der Waals surface area contributed by atoms with Gasteiger partial charge in [0, 0.05) is 5.92 Å². The zero-order chi connectivity index (χ0) is 9.80. The van der Waals surface area contributed by atoms with Gasteiger partial charge in [-0.15, -0.1) is 23.5 Å². The molecule has 0 bridgehead atoms. The monoisotopic (exact) mass is 230 g/mol. The van der Waals surface area contributed by atoms with E-state index in [-0.39, 0.29) is 4.58 Å². The van der Waals surface area contributed by atoms with Crippen molar-refractivity contribution in [3.8, 4) is 0 Å². The van der Waals surface area contributed by atoms with E-state index in [0.717, 1.165) is 12.8 Å². The van der Waals surface area contributed by atoms with Crippen LogP contribution in [0.5, 0.6) is 0 Å². The minimum atomic E-state index is 0.284. The number of thioether (sulfide) groups is 2. The summed E-state index contributed by atoms with van der Waals surface area (Å²) in [6, 6.07) is 0. The summed E-state index contributed by atoms with van der Waals surface area (Å²) >= 11 is 3.76. The standard InChI is InChI=1S/C11H18OS2/c12-10(9-5-2-1-3-6-9)11-13-7-4-8-14-11/h9,11H,1-8H2. The number of carbonyl (C=O) groups is 1. The molecule has 1 heterocycles. The summed E-state index contributed by atoms with van der Waals surface area (Å²) in [4.78, 5) is 12.1. The minimum absolute atomic E-state index is 0.284. The van der Waals surface area contributed by atoms with Crippen molar-refractivity contribution >= 4 is 29.3 Å². The Bertz CT molecular complexity index is 173. The number of hydrogen-bond acceptors (Lipinski definition) is 3. The fourth-order valence-electron chi connectivity index (χ4n) is 2.23. The Kier molecular flexibility index (Phi) is 4.24. The van der Waals surface area contributed by atoms with Crippen molar-refractivity contribution in [1.29, 1.82) is 0 Å². The maximum Gasteiger partial charge on any atom is 0.158 e. The molecule has 1 aliphatic carbocycles. The van der Waals surface area contributed by atoms with Gasteiger partial charge in [-0.3, -0.25) is 4.79 Å². The number of ketones is 1. The SMILES string of the molecule is O=C(C1CCCCC1)C1SCCCS1. The highest BCUT2D eigenvalue weighted by Crippen LogP contribution is 2.36. The first kappa shape index (κ1) is 10.9. The highest BCUT2D eigenvalue weighted by Gasteiger charge is 2.29. The van der Waals surface area contributed by atoms with E-state index in [4.69, 9.17) is 0 Å². The average Bonchev–Trinajstić information content (AvgIpc) is 2.30. The average molecular weight is 230 g/mol. The lowest BCUT2D eigenvalue weighted by molar-refractivity contribution is -0.121. The molecule has 1 saturated heterocycles. The molecule has 0 atom stereocenters. The summed E-state index contributed by atoms with van der Waals surface area (Å²) in [5.74, 6) is 3.35.